The molecule has 2 heteroatoms. The van der Waals surface area contributed by atoms with Gasteiger partial charge in [0.05, 0.1) is 0 Å². The van der Waals surface area contributed by atoms with Gasteiger partial charge in [0.2, 0.25) is 0 Å². The zero-order chi connectivity index (χ0) is 8.55. The highest BCUT2D eigenvalue weighted by atomic mass is 16.1. The zero-order valence-electron chi connectivity index (χ0n) is 7.47. The normalized spacial score (nSPS) is 35.8. The van der Waals surface area contributed by atoms with Crippen LogP contribution in [0.1, 0.15) is 26.2 Å². The molecule has 1 saturated heterocycles. The van der Waals surface area contributed by atoms with Crippen molar-refractivity contribution in [2.45, 2.75) is 32.2 Å². The Morgan fingerprint density at radius 2 is 2.33 bits per heavy atom. The monoisotopic (exact) mass is 165 g/mol. The van der Waals surface area contributed by atoms with Crippen LogP contribution < -0.4 is 5.32 Å². The summed E-state index contributed by atoms with van der Waals surface area (Å²) in [6.45, 7) is 3.25. The van der Waals surface area contributed by atoms with E-state index in [4.69, 9.17) is 0 Å². The lowest BCUT2D eigenvalue weighted by Gasteiger charge is -2.34. The molecule has 0 spiro atoms. The predicted molar refractivity (Wildman–Crippen MR) is 47.9 cm³/mol. The van der Waals surface area contributed by atoms with E-state index in [-0.39, 0.29) is 0 Å². The summed E-state index contributed by atoms with van der Waals surface area (Å²) in [7, 11) is 0. The van der Waals surface area contributed by atoms with Gasteiger partial charge in [-0.3, -0.25) is 4.79 Å². The van der Waals surface area contributed by atoms with Gasteiger partial charge in [-0.15, -0.1) is 0 Å². The minimum Gasteiger partial charge on any atom is -0.313 e. The molecule has 2 aliphatic rings. The fourth-order valence-corrected chi connectivity index (χ4v) is 2.28. The lowest BCUT2D eigenvalue weighted by molar-refractivity contribution is -0.115. The second-order valence-electron chi connectivity index (χ2n) is 3.82. The quantitative estimate of drug-likeness (QED) is 0.585. The van der Waals surface area contributed by atoms with Gasteiger partial charge in [-0.2, -0.15) is 0 Å². The van der Waals surface area contributed by atoms with Gasteiger partial charge >= 0.3 is 0 Å². The standard InChI is InChI=1S/C10H15NO/c1-7-10-3-2-9(12)6-8(10)4-5-11-7/h6-7,10-11H,2-5H2,1H3. The van der Waals surface area contributed by atoms with Crippen LogP contribution in [-0.2, 0) is 4.79 Å². The first-order valence-corrected chi connectivity index (χ1v) is 4.74. The van der Waals surface area contributed by atoms with Crippen molar-refractivity contribution < 1.29 is 4.79 Å². The maximum atomic E-state index is 11.1. The summed E-state index contributed by atoms with van der Waals surface area (Å²) in [5.74, 6) is 0.965. The van der Waals surface area contributed by atoms with Crippen LogP contribution in [-0.4, -0.2) is 18.4 Å². The lowest BCUT2D eigenvalue weighted by Crippen LogP contribution is -2.41. The Balaban J connectivity index is 2.20. The van der Waals surface area contributed by atoms with Gasteiger partial charge in [0.1, 0.15) is 0 Å². The van der Waals surface area contributed by atoms with Crippen LogP contribution >= 0.6 is 0 Å². The molecule has 1 N–H and O–H groups in total. The van der Waals surface area contributed by atoms with Crippen LogP contribution in [0.25, 0.3) is 0 Å². The number of piperidine rings is 1. The Bertz CT molecular complexity index is 232. The van der Waals surface area contributed by atoms with Crippen LogP contribution in [0.4, 0.5) is 0 Å². The van der Waals surface area contributed by atoms with E-state index in [1.165, 1.54) is 5.57 Å². The second-order valence-corrected chi connectivity index (χ2v) is 3.82. The summed E-state index contributed by atoms with van der Waals surface area (Å²) in [4.78, 5) is 11.1. The largest absolute Gasteiger partial charge is 0.313 e. The molecule has 0 aromatic heterocycles. The highest BCUT2D eigenvalue weighted by Gasteiger charge is 2.28. The van der Waals surface area contributed by atoms with Crippen LogP contribution in [0.2, 0.25) is 0 Å². The Hall–Kier alpha value is -0.630. The van der Waals surface area contributed by atoms with Gasteiger partial charge in [-0.1, -0.05) is 5.57 Å². The number of nitrogens with one attached hydrogen (secondary N) is 1. The molecule has 2 rings (SSSR count). The first-order valence-electron chi connectivity index (χ1n) is 4.74. The maximum Gasteiger partial charge on any atom is 0.155 e. The molecular formula is C10H15NO. The van der Waals surface area contributed by atoms with Crippen LogP contribution in [0, 0.1) is 5.92 Å². The molecule has 1 aliphatic carbocycles. The Labute approximate surface area is 73.0 Å². The molecule has 0 aromatic carbocycles. The van der Waals surface area contributed by atoms with Gasteiger partial charge in [0.25, 0.3) is 0 Å². The van der Waals surface area contributed by atoms with Crippen molar-refractivity contribution in [3.05, 3.63) is 11.6 Å². The SMILES string of the molecule is CC1NCCC2=CC(=O)CCC21. The van der Waals surface area contributed by atoms with Crippen LogP contribution in [0.3, 0.4) is 0 Å². The Kier molecular flexibility index (Phi) is 2.01. The molecule has 2 atom stereocenters. The number of allylic oxidation sites excluding steroid dienone is 1. The fraction of sp³-hybridized carbons (Fsp3) is 0.700. The molecule has 0 aromatic rings. The van der Waals surface area contributed by atoms with E-state index in [0.717, 1.165) is 25.8 Å². The number of hydrogen-bond acceptors (Lipinski definition) is 2. The van der Waals surface area contributed by atoms with Crippen molar-refractivity contribution in [1.82, 2.24) is 5.32 Å². The van der Waals surface area contributed by atoms with Crippen molar-refractivity contribution in [2.24, 2.45) is 5.92 Å². The molecule has 66 valence electrons. The number of carbonyl (C=O) groups excluding carboxylic acids is 1. The third-order valence-electron chi connectivity index (χ3n) is 3.01. The van der Waals surface area contributed by atoms with Crippen molar-refractivity contribution in [3.63, 3.8) is 0 Å². The topological polar surface area (TPSA) is 29.1 Å². The molecule has 12 heavy (non-hydrogen) atoms. The maximum absolute atomic E-state index is 11.1. The van der Waals surface area contributed by atoms with Crippen molar-refractivity contribution >= 4 is 5.78 Å². The van der Waals surface area contributed by atoms with E-state index >= 15 is 0 Å². The summed E-state index contributed by atoms with van der Waals surface area (Å²) in [5.41, 5.74) is 1.39. The first kappa shape index (κ1) is 7.99. The third kappa shape index (κ3) is 1.31. The first-order chi connectivity index (χ1) is 5.77. The number of carbonyl (C=O) groups is 1. The summed E-state index contributed by atoms with van der Waals surface area (Å²) < 4.78 is 0. The minimum atomic E-state index is 0.329. The molecule has 2 nitrogen and oxygen atoms in total. The molecule has 0 amide bonds. The van der Waals surface area contributed by atoms with E-state index in [0.29, 0.717) is 17.7 Å². The average Bonchev–Trinajstić information content (AvgIpc) is 2.04. The van der Waals surface area contributed by atoms with E-state index in [1.807, 2.05) is 6.08 Å². The van der Waals surface area contributed by atoms with E-state index < -0.39 is 0 Å². The number of ketones is 1. The molecule has 1 fully saturated rings. The van der Waals surface area contributed by atoms with Gasteiger partial charge in [0, 0.05) is 12.5 Å². The summed E-state index contributed by atoms with van der Waals surface area (Å²) in [5, 5.41) is 3.44. The second kappa shape index (κ2) is 3.02. The lowest BCUT2D eigenvalue weighted by atomic mass is 9.79. The number of rotatable bonds is 0. The predicted octanol–water partition coefficient (Wildman–Crippen LogP) is 1.27. The zero-order valence-corrected chi connectivity index (χ0v) is 7.47. The summed E-state index contributed by atoms with van der Waals surface area (Å²) in [6, 6.07) is 0.568. The molecule has 1 heterocycles. The summed E-state index contributed by atoms with van der Waals surface area (Å²) >= 11 is 0. The highest BCUT2D eigenvalue weighted by Crippen LogP contribution is 2.30. The molecule has 2 unspecified atom stereocenters. The van der Waals surface area contributed by atoms with Gasteiger partial charge < -0.3 is 5.32 Å². The Morgan fingerprint density at radius 1 is 1.50 bits per heavy atom. The minimum absolute atomic E-state index is 0.329. The van der Waals surface area contributed by atoms with Crippen molar-refractivity contribution in [1.29, 1.82) is 0 Å². The number of fused-ring (bicyclic) bond motifs is 1. The smallest absolute Gasteiger partial charge is 0.155 e. The van der Waals surface area contributed by atoms with Gasteiger partial charge in [0.15, 0.2) is 5.78 Å². The number of hydrogen-bond donors (Lipinski definition) is 1. The molecule has 0 radical (unpaired) electrons. The Morgan fingerprint density at radius 3 is 3.17 bits per heavy atom. The van der Waals surface area contributed by atoms with E-state index in [1.54, 1.807) is 0 Å². The molecule has 0 bridgehead atoms. The average molecular weight is 165 g/mol. The van der Waals surface area contributed by atoms with E-state index in [2.05, 4.69) is 12.2 Å². The van der Waals surface area contributed by atoms with Crippen LogP contribution in [0.5, 0.6) is 0 Å². The third-order valence-corrected chi connectivity index (χ3v) is 3.01. The summed E-state index contributed by atoms with van der Waals surface area (Å²) in [6.07, 6.45) is 4.76. The molecular weight excluding hydrogens is 150 g/mol. The molecule has 0 saturated carbocycles. The fourth-order valence-electron chi connectivity index (χ4n) is 2.28. The van der Waals surface area contributed by atoms with Gasteiger partial charge in [-0.05, 0) is 38.3 Å². The molecule has 1 aliphatic heterocycles. The van der Waals surface area contributed by atoms with Crippen molar-refractivity contribution in [3.8, 4) is 0 Å². The van der Waals surface area contributed by atoms with Gasteiger partial charge in [-0.25, -0.2) is 0 Å². The van der Waals surface area contributed by atoms with Crippen molar-refractivity contribution in [2.75, 3.05) is 6.54 Å². The highest BCUT2D eigenvalue weighted by molar-refractivity contribution is 5.91. The van der Waals surface area contributed by atoms with E-state index in [9.17, 15) is 4.79 Å². The van der Waals surface area contributed by atoms with Crippen LogP contribution in [0.15, 0.2) is 11.6 Å².